The maximum atomic E-state index is 14.5. The maximum absolute atomic E-state index is 14.5. The summed E-state index contributed by atoms with van der Waals surface area (Å²) < 4.78 is 69.9. The Bertz CT molecular complexity index is 1980. The topological polar surface area (TPSA) is 107 Å². The van der Waals surface area contributed by atoms with Gasteiger partial charge < -0.3 is 23.8 Å². The number of ether oxygens (including phenoxy) is 1. The Morgan fingerprint density at radius 3 is 2.27 bits per heavy atom. The van der Waals surface area contributed by atoms with Crippen LogP contribution in [0.25, 0.3) is 22.3 Å². The Balaban J connectivity index is 1.44. The fourth-order valence-electron chi connectivity index (χ4n) is 6.80. The van der Waals surface area contributed by atoms with E-state index in [1.165, 1.54) is 16.4 Å². The Morgan fingerprint density at radius 1 is 1.02 bits per heavy atom. The fraction of sp³-hybridized carbons (Fsp3) is 0.475. The minimum absolute atomic E-state index is 0.0638. The minimum atomic E-state index is -3.87. The first kappa shape index (κ1) is 38.0. The maximum Gasteiger partial charge on any atom is 0.458 e. The van der Waals surface area contributed by atoms with Crippen molar-refractivity contribution in [3.8, 4) is 11.3 Å². The van der Waals surface area contributed by atoms with Crippen LogP contribution in [0.4, 0.5) is 10.1 Å². The van der Waals surface area contributed by atoms with Crippen molar-refractivity contribution in [2.24, 2.45) is 11.8 Å². The van der Waals surface area contributed by atoms with Crippen molar-refractivity contribution in [2.45, 2.75) is 84.4 Å². The number of sulfonamides is 1. The van der Waals surface area contributed by atoms with E-state index < -0.39 is 34.2 Å². The molecule has 1 saturated heterocycles. The van der Waals surface area contributed by atoms with E-state index in [1.54, 1.807) is 25.2 Å². The summed E-state index contributed by atoms with van der Waals surface area (Å²) in [5, 5.41) is 3.29. The number of amides is 1. The van der Waals surface area contributed by atoms with E-state index in [-0.39, 0.29) is 48.3 Å². The summed E-state index contributed by atoms with van der Waals surface area (Å²) in [6.07, 6.45) is 2.20. The molecule has 1 amide bonds. The lowest BCUT2D eigenvalue weighted by atomic mass is 9.77. The van der Waals surface area contributed by atoms with Crippen molar-refractivity contribution >= 4 is 39.7 Å². The summed E-state index contributed by atoms with van der Waals surface area (Å²) in [5.74, 6) is -0.859. The lowest BCUT2D eigenvalue weighted by molar-refractivity contribution is 0.00578. The molecule has 9 nitrogen and oxygen atoms in total. The monoisotopic (exact) mass is 732 g/mol. The highest BCUT2D eigenvalue weighted by atomic mass is 32.2. The van der Waals surface area contributed by atoms with Crippen molar-refractivity contribution in [1.29, 1.82) is 0 Å². The first-order valence-electron chi connectivity index (χ1n) is 18.1. The molecule has 52 heavy (non-hydrogen) atoms. The zero-order chi connectivity index (χ0) is 37.4. The van der Waals surface area contributed by atoms with Gasteiger partial charge in [0.25, 0.3) is 5.91 Å². The fourth-order valence-corrected chi connectivity index (χ4v) is 8.71. The van der Waals surface area contributed by atoms with Gasteiger partial charge in [0.15, 0.2) is 0 Å². The summed E-state index contributed by atoms with van der Waals surface area (Å²) in [6, 6.07) is 19.3. The average molecular weight is 733 g/mol. The molecule has 0 spiro atoms. The number of rotatable bonds is 15. The van der Waals surface area contributed by atoms with Crippen LogP contribution in [0.1, 0.15) is 81.8 Å². The molecule has 0 radical (unpaired) electrons. The van der Waals surface area contributed by atoms with Crippen LogP contribution in [0.2, 0.25) is 6.32 Å². The highest BCUT2D eigenvalue weighted by Crippen LogP contribution is 2.48. The summed E-state index contributed by atoms with van der Waals surface area (Å²) in [7, 11) is -2.88. The number of nitrogens with zero attached hydrogens (tertiary/aromatic N) is 1. The number of benzene rings is 3. The molecule has 1 unspecified atom stereocenters. The summed E-state index contributed by atoms with van der Waals surface area (Å²) in [4.78, 5) is 13.4. The second-order valence-electron chi connectivity index (χ2n) is 15.6. The number of furan rings is 1. The molecular weight excluding hydrogens is 682 g/mol. The van der Waals surface area contributed by atoms with E-state index in [1.807, 2.05) is 77.9 Å². The number of carbonyl (C=O) groups is 1. The first-order valence-corrected chi connectivity index (χ1v) is 19.8. The molecule has 0 bridgehead atoms. The molecule has 1 saturated carbocycles. The highest BCUT2D eigenvalue weighted by Gasteiger charge is 2.51. The van der Waals surface area contributed by atoms with Crippen molar-refractivity contribution in [1.82, 2.24) is 5.32 Å². The highest BCUT2D eigenvalue weighted by molar-refractivity contribution is 7.92. The summed E-state index contributed by atoms with van der Waals surface area (Å²) in [5.41, 5.74) is 2.51. The lowest BCUT2D eigenvalue weighted by Crippen LogP contribution is -2.41. The van der Waals surface area contributed by atoms with Gasteiger partial charge in [0.2, 0.25) is 10.0 Å². The minimum Gasteiger partial charge on any atom is -0.455 e. The average Bonchev–Trinajstić information content (AvgIpc) is 3.82. The largest absolute Gasteiger partial charge is 0.458 e. The third-order valence-corrected chi connectivity index (χ3v) is 12.4. The van der Waals surface area contributed by atoms with Gasteiger partial charge in [0.05, 0.1) is 41.4 Å². The Hall–Kier alpha value is -3.71. The number of carbonyl (C=O) groups excluding carboxylic acids is 1. The molecule has 1 N–H and O–H groups in total. The van der Waals surface area contributed by atoms with Gasteiger partial charge in [-0.05, 0) is 106 Å². The summed E-state index contributed by atoms with van der Waals surface area (Å²) in [6.45, 7) is 12.5. The standard InChI is InChI=1S/C40H50BFN2O7S/c1-26(2)25-52(46,47)44(22-28(24-48-23-27-11-9-8-10-12-27)21-41-50-39(3,4)40(5,6)51-41)34-20-35-33(19-32(34)29-13-14-29)36(38(45)43-7)37(49-35)30-15-17-31(42)18-16-30/h8-12,15-20,26,28-29H,13-14,21-25H2,1-7H3,(H,43,45). The van der Waals surface area contributed by atoms with Crippen molar-refractivity contribution < 1.29 is 36.1 Å². The van der Waals surface area contributed by atoms with Crippen LogP contribution in [0, 0.1) is 17.7 Å². The van der Waals surface area contributed by atoms with Gasteiger partial charge in [-0.15, -0.1) is 0 Å². The van der Waals surface area contributed by atoms with Crippen LogP contribution in [-0.2, 0) is 30.7 Å². The van der Waals surface area contributed by atoms with E-state index >= 15 is 0 Å². The molecule has 2 aliphatic rings. The third kappa shape index (κ3) is 8.25. The molecule has 278 valence electrons. The molecule has 12 heteroatoms. The van der Waals surface area contributed by atoms with Crippen molar-refractivity contribution in [3.05, 3.63) is 89.2 Å². The molecule has 4 aromatic rings. The van der Waals surface area contributed by atoms with Crippen molar-refractivity contribution in [2.75, 3.05) is 30.3 Å². The van der Waals surface area contributed by atoms with Crippen LogP contribution in [0.15, 0.2) is 71.1 Å². The van der Waals surface area contributed by atoms with Gasteiger partial charge in [-0.1, -0.05) is 44.2 Å². The quantitative estimate of drug-likeness (QED) is 0.123. The lowest BCUT2D eigenvalue weighted by Gasteiger charge is -2.32. The predicted octanol–water partition coefficient (Wildman–Crippen LogP) is 8.19. The molecule has 1 atom stereocenters. The first-order chi connectivity index (χ1) is 24.6. The summed E-state index contributed by atoms with van der Waals surface area (Å²) >= 11 is 0. The Morgan fingerprint density at radius 2 is 1.67 bits per heavy atom. The van der Waals surface area contributed by atoms with Gasteiger partial charge in [-0.25, -0.2) is 12.8 Å². The van der Waals surface area contributed by atoms with Crippen LogP contribution in [-0.4, -0.2) is 58.6 Å². The van der Waals surface area contributed by atoms with Crippen LogP contribution < -0.4 is 9.62 Å². The smallest absolute Gasteiger partial charge is 0.455 e. The normalized spacial score (nSPS) is 17.5. The molecule has 6 rings (SSSR count). The second-order valence-corrected chi connectivity index (χ2v) is 17.5. The Kier molecular flexibility index (Phi) is 10.9. The number of hydrogen-bond acceptors (Lipinski definition) is 7. The van der Waals surface area contributed by atoms with E-state index in [0.29, 0.717) is 40.7 Å². The van der Waals surface area contributed by atoms with Crippen LogP contribution >= 0.6 is 0 Å². The van der Waals surface area contributed by atoms with Gasteiger partial charge >= 0.3 is 7.12 Å². The number of fused-ring (bicyclic) bond motifs is 1. The van der Waals surface area contributed by atoms with Gasteiger partial charge in [0.1, 0.15) is 17.2 Å². The molecular formula is C40H50BFN2O7S. The number of hydrogen-bond donors (Lipinski definition) is 1. The molecule has 1 aliphatic heterocycles. The zero-order valence-electron chi connectivity index (χ0n) is 31.2. The molecule has 2 heterocycles. The second kappa shape index (κ2) is 15.0. The predicted molar refractivity (Wildman–Crippen MR) is 203 cm³/mol. The van der Waals surface area contributed by atoms with Gasteiger partial charge in [0, 0.05) is 30.6 Å². The molecule has 2 fully saturated rings. The van der Waals surface area contributed by atoms with Gasteiger partial charge in [-0.2, -0.15) is 0 Å². The number of anilines is 1. The SMILES string of the molecule is CNC(=O)c1c(-c2ccc(F)cc2)oc2cc(N(CC(COCc3ccccc3)CB3OC(C)(C)C(C)(C)O3)S(=O)(=O)CC(C)C)c(C3CC3)cc12. The number of nitrogens with one attached hydrogen (secondary N) is 1. The van der Waals surface area contributed by atoms with E-state index in [2.05, 4.69) is 5.32 Å². The molecule has 1 aliphatic carbocycles. The van der Waals surface area contributed by atoms with E-state index in [4.69, 9.17) is 18.5 Å². The van der Waals surface area contributed by atoms with Crippen LogP contribution in [0.5, 0.6) is 0 Å². The van der Waals surface area contributed by atoms with Gasteiger partial charge in [-0.3, -0.25) is 9.10 Å². The zero-order valence-corrected chi connectivity index (χ0v) is 32.0. The molecule has 3 aromatic carbocycles. The van der Waals surface area contributed by atoms with E-state index in [9.17, 15) is 17.6 Å². The Labute approximate surface area is 307 Å². The van der Waals surface area contributed by atoms with E-state index in [0.717, 1.165) is 24.0 Å². The third-order valence-electron chi connectivity index (χ3n) is 10.3. The van der Waals surface area contributed by atoms with Crippen molar-refractivity contribution in [3.63, 3.8) is 0 Å². The van der Waals surface area contributed by atoms with Crippen LogP contribution in [0.3, 0.4) is 0 Å². The molecule has 1 aromatic heterocycles. The number of halogens is 1.